The Morgan fingerprint density at radius 3 is 2.18 bits per heavy atom. The molecule has 0 bridgehead atoms. The lowest BCUT2D eigenvalue weighted by Crippen LogP contribution is -2.30. The van der Waals surface area contributed by atoms with Crippen molar-refractivity contribution < 1.29 is 13.2 Å². The second-order valence-electron chi connectivity index (χ2n) is 4.91. The first-order chi connectivity index (χ1) is 10.5. The molecule has 2 nitrogen and oxygen atoms in total. The van der Waals surface area contributed by atoms with E-state index in [0.29, 0.717) is 12.2 Å². The maximum Gasteiger partial charge on any atom is 0.172 e. The third-order valence-electron chi connectivity index (χ3n) is 3.31. The summed E-state index contributed by atoms with van der Waals surface area (Å²) in [4.78, 5) is 5.70. The molecule has 116 valence electrons. The molecule has 0 aromatic heterocycles. The standard InChI is InChI=1S/C17H17F3N2/c1-4-21-17(15-13(18)9-10-14(19)16(15)20)22(3)12-7-5-11(2)6-8-12/h5-10H,4H2,1-3H3. The van der Waals surface area contributed by atoms with Crippen LogP contribution in [0.4, 0.5) is 18.9 Å². The first kappa shape index (κ1) is 16.1. The third-order valence-corrected chi connectivity index (χ3v) is 3.31. The number of hydrogen-bond donors (Lipinski definition) is 0. The van der Waals surface area contributed by atoms with Crippen LogP contribution in [0.15, 0.2) is 41.4 Å². The zero-order chi connectivity index (χ0) is 16.3. The van der Waals surface area contributed by atoms with Crippen LogP contribution in [-0.2, 0) is 0 Å². The van der Waals surface area contributed by atoms with Crippen molar-refractivity contribution in [2.24, 2.45) is 4.99 Å². The van der Waals surface area contributed by atoms with Crippen molar-refractivity contribution in [3.05, 3.63) is 65.0 Å². The second kappa shape index (κ2) is 6.64. The summed E-state index contributed by atoms with van der Waals surface area (Å²) in [6, 6.07) is 9.07. The Bertz CT molecular complexity index is 694. The normalized spacial score (nSPS) is 11.6. The molecule has 0 aliphatic rings. The molecule has 0 fully saturated rings. The van der Waals surface area contributed by atoms with Gasteiger partial charge >= 0.3 is 0 Å². The van der Waals surface area contributed by atoms with E-state index in [1.165, 1.54) is 0 Å². The van der Waals surface area contributed by atoms with Crippen molar-refractivity contribution in [2.75, 3.05) is 18.5 Å². The highest BCUT2D eigenvalue weighted by molar-refractivity contribution is 6.10. The van der Waals surface area contributed by atoms with E-state index in [-0.39, 0.29) is 5.84 Å². The smallest absolute Gasteiger partial charge is 0.172 e. The van der Waals surface area contributed by atoms with Crippen molar-refractivity contribution in [1.29, 1.82) is 0 Å². The number of amidine groups is 1. The first-order valence-corrected chi connectivity index (χ1v) is 6.94. The van der Waals surface area contributed by atoms with Gasteiger partial charge in [0.25, 0.3) is 0 Å². The summed E-state index contributed by atoms with van der Waals surface area (Å²) >= 11 is 0. The fourth-order valence-electron chi connectivity index (χ4n) is 2.13. The largest absolute Gasteiger partial charge is 0.329 e. The predicted octanol–water partition coefficient (Wildman–Crippen LogP) is 4.32. The topological polar surface area (TPSA) is 15.6 Å². The van der Waals surface area contributed by atoms with Gasteiger partial charge in [0.05, 0.1) is 5.56 Å². The summed E-state index contributed by atoms with van der Waals surface area (Å²) in [5.41, 5.74) is 1.32. The van der Waals surface area contributed by atoms with Gasteiger partial charge in [0.2, 0.25) is 0 Å². The molecule has 0 N–H and O–H groups in total. The van der Waals surface area contributed by atoms with Gasteiger partial charge in [0.1, 0.15) is 11.7 Å². The molecular weight excluding hydrogens is 289 g/mol. The third kappa shape index (κ3) is 3.13. The maximum atomic E-state index is 14.1. The van der Waals surface area contributed by atoms with E-state index in [2.05, 4.69) is 4.99 Å². The lowest BCUT2D eigenvalue weighted by atomic mass is 10.1. The molecule has 5 heteroatoms. The average Bonchev–Trinajstić information content (AvgIpc) is 2.50. The molecule has 0 aliphatic heterocycles. The molecule has 0 saturated heterocycles. The quantitative estimate of drug-likeness (QED) is 0.468. The van der Waals surface area contributed by atoms with Crippen LogP contribution in [-0.4, -0.2) is 19.4 Å². The fourth-order valence-corrected chi connectivity index (χ4v) is 2.13. The molecule has 2 aromatic carbocycles. The van der Waals surface area contributed by atoms with Crippen LogP contribution in [0.2, 0.25) is 0 Å². The number of hydrogen-bond acceptors (Lipinski definition) is 1. The average molecular weight is 306 g/mol. The molecule has 0 saturated carbocycles. The predicted molar refractivity (Wildman–Crippen MR) is 83.0 cm³/mol. The van der Waals surface area contributed by atoms with Crippen molar-refractivity contribution in [3.8, 4) is 0 Å². The summed E-state index contributed by atoms with van der Waals surface area (Å²) in [6.45, 7) is 4.01. The number of aryl methyl sites for hydroxylation is 1. The zero-order valence-corrected chi connectivity index (χ0v) is 12.7. The van der Waals surface area contributed by atoms with Crippen molar-refractivity contribution >= 4 is 11.5 Å². The summed E-state index contributed by atoms with van der Waals surface area (Å²) in [5, 5.41) is 0. The molecule has 22 heavy (non-hydrogen) atoms. The van der Waals surface area contributed by atoms with Crippen LogP contribution in [0.25, 0.3) is 0 Å². The molecule has 0 radical (unpaired) electrons. The highest BCUT2D eigenvalue weighted by Crippen LogP contribution is 2.22. The van der Waals surface area contributed by atoms with Gasteiger partial charge in [-0.2, -0.15) is 0 Å². The van der Waals surface area contributed by atoms with E-state index in [0.717, 1.165) is 17.7 Å². The van der Waals surface area contributed by atoms with Crippen LogP contribution in [0.3, 0.4) is 0 Å². The van der Waals surface area contributed by atoms with E-state index in [1.807, 2.05) is 31.2 Å². The Labute approximate surface area is 127 Å². The van der Waals surface area contributed by atoms with Gasteiger partial charge in [0.15, 0.2) is 11.6 Å². The summed E-state index contributed by atoms with van der Waals surface area (Å²) in [7, 11) is 1.64. The number of nitrogens with zero attached hydrogens (tertiary/aromatic N) is 2. The molecule has 0 heterocycles. The lowest BCUT2D eigenvalue weighted by molar-refractivity contribution is 0.492. The van der Waals surface area contributed by atoms with Gasteiger partial charge in [-0.1, -0.05) is 17.7 Å². The van der Waals surface area contributed by atoms with Gasteiger partial charge in [0, 0.05) is 19.3 Å². The lowest BCUT2D eigenvalue weighted by Gasteiger charge is -2.22. The molecule has 2 aromatic rings. The van der Waals surface area contributed by atoms with E-state index < -0.39 is 23.0 Å². The number of benzene rings is 2. The molecule has 0 spiro atoms. The Morgan fingerprint density at radius 1 is 1.00 bits per heavy atom. The number of anilines is 1. The molecule has 0 atom stereocenters. The van der Waals surface area contributed by atoms with Gasteiger partial charge < -0.3 is 4.90 Å². The maximum absolute atomic E-state index is 14.1. The van der Waals surface area contributed by atoms with Crippen LogP contribution in [0.1, 0.15) is 18.1 Å². The molecule has 0 unspecified atom stereocenters. The van der Waals surface area contributed by atoms with Gasteiger partial charge in [-0.05, 0) is 38.1 Å². The summed E-state index contributed by atoms with van der Waals surface area (Å²) in [5.74, 6) is -3.12. The van der Waals surface area contributed by atoms with E-state index in [1.54, 1.807) is 18.9 Å². The fraction of sp³-hybridized carbons (Fsp3) is 0.235. The minimum absolute atomic E-state index is 0.0563. The van der Waals surface area contributed by atoms with Crippen molar-refractivity contribution in [2.45, 2.75) is 13.8 Å². The Balaban J connectivity index is 2.54. The molecule has 0 aliphatic carbocycles. The summed E-state index contributed by atoms with van der Waals surface area (Å²) < 4.78 is 41.5. The van der Waals surface area contributed by atoms with E-state index in [9.17, 15) is 13.2 Å². The number of rotatable bonds is 3. The van der Waals surface area contributed by atoms with Crippen LogP contribution >= 0.6 is 0 Å². The second-order valence-corrected chi connectivity index (χ2v) is 4.91. The number of halogens is 3. The Morgan fingerprint density at radius 2 is 1.59 bits per heavy atom. The van der Waals surface area contributed by atoms with E-state index in [4.69, 9.17) is 0 Å². The van der Waals surface area contributed by atoms with Gasteiger partial charge in [-0.3, -0.25) is 4.99 Å². The minimum Gasteiger partial charge on any atom is -0.329 e. The highest BCUT2D eigenvalue weighted by atomic mass is 19.2. The van der Waals surface area contributed by atoms with Crippen molar-refractivity contribution in [1.82, 2.24) is 0 Å². The van der Waals surface area contributed by atoms with Crippen LogP contribution in [0.5, 0.6) is 0 Å². The minimum atomic E-state index is -1.23. The Hall–Kier alpha value is -2.30. The van der Waals surface area contributed by atoms with Crippen LogP contribution < -0.4 is 4.90 Å². The van der Waals surface area contributed by atoms with Crippen LogP contribution in [0, 0.1) is 24.4 Å². The monoisotopic (exact) mass is 306 g/mol. The SMILES string of the molecule is CCN=C(c1c(F)ccc(F)c1F)N(C)c1ccc(C)cc1. The van der Waals surface area contributed by atoms with Gasteiger partial charge in [-0.25, -0.2) is 13.2 Å². The summed E-state index contributed by atoms with van der Waals surface area (Å²) in [6.07, 6.45) is 0. The highest BCUT2D eigenvalue weighted by Gasteiger charge is 2.22. The Kier molecular flexibility index (Phi) is 4.85. The van der Waals surface area contributed by atoms with Crippen molar-refractivity contribution in [3.63, 3.8) is 0 Å². The first-order valence-electron chi connectivity index (χ1n) is 6.94. The number of aliphatic imine (C=N–C) groups is 1. The molecule has 0 amide bonds. The van der Waals surface area contributed by atoms with Gasteiger partial charge in [-0.15, -0.1) is 0 Å². The zero-order valence-electron chi connectivity index (χ0n) is 12.7. The molecular formula is C17H17F3N2. The molecule has 2 rings (SSSR count). The van der Waals surface area contributed by atoms with E-state index >= 15 is 0 Å².